The fourth-order valence-corrected chi connectivity index (χ4v) is 0. The molecule has 6 heavy (non-hydrogen) atoms. The van der Waals surface area contributed by atoms with E-state index in [1.165, 1.54) is 0 Å². The van der Waals surface area contributed by atoms with Crippen molar-refractivity contribution in [3.63, 3.8) is 0 Å². The molecule has 0 unspecified atom stereocenters. The van der Waals surface area contributed by atoms with Crippen LogP contribution in [0.3, 0.4) is 0 Å². The smallest absolute Gasteiger partial charge is 1.00 e. The first-order valence-corrected chi connectivity index (χ1v) is 0.548. The maximum absolute atomic E-state index is 8.25. The predicted octanol–water partition coefficient (Wildman–Crippen LogP) is -3.88. The summed E-state index contributed by atoms with van der Waals surface area (Å²) in [6, 6.07) is 0. The third kappa shape index (κ3) is 40.5. The molecule has 0 bridgehead atoms. The Balaban J connectivity index is -0.0000000450. The zero-order valence-electron chi connectivity index (χ0n) is 2.67. The van der Waals surface area contributed by atoms with Gasteiger partial charge in [0.25, 0.3) is 0 Å². The van der Waals surface area contributed by atoms with E-state index in [2.05, 4.69) is 0 Å². The molecular weight excluding hydrogens is 124 g/mol. The molecule has 0 atom stereocenters. The van der Waals surface area contributed by atoms with Crippen LogP contribution in [0.5, 0.6) is 0 Å². The Labute approximate surface area is 99.1 Å². The minimum Gasteiger partial charge on any atom is 1.00 e. The minimum absolute atomic E-state index is 0. The van der Waals surface area contributed by atoms with Crippen LogP contribution in [0.1, 0.15) is 0 Å². The summed E-state index contributed by atoms with van der Waals surface area (Å²) < 4.78 is 0. The van der Waals surface area contributed by atoms with Gasteiger partial charge in [0.1, 0.15) is 0 Å². The maximum Gasteiger partial charge on any atom is 1.00 e. The van der Waals surface area contributed by atoms with Crippen LogP contribution in [-0.4, -0.2) is 56.5 Å². The van der Waals surface area contributed by atoms with Gasteiger partial charge in [-0.3, -0.25) is 0 Å². The third-order valence-corrected chi connectivity index (χ3v) is 0. The molecule has 6 heteroatoms. The molecule has 4 nitrogen and oxygen atoms in total. The quantitative estimate of drug-likeness (QED) is 0.189. The van der Waals surface area contributed by atoms with Gasteiger partial charge in [-0.1, -0.05) is 0 Å². The fraction of sp³-hybridized carbons (Fsp3) is 0. The molecule has 0 aromatic heterocycles. The fourth-order valence-electron chi connectivity index (χ4n) is 0. The van der Waals surface area contributed by atoms with Crippen molar-refractivity contribution in [3.05, 3.63) is 15.3 Å². The summed E-state index contributed by atoms with van der Waals surface area (Å²) in [7, 11) is 0. The largest absolute Gasteiger partial charge is 1.00 e. The number of hydrogen-bond acceptors (Lipinski definition) is 3. The number of nitrogens with zero attached hydrogens (tertiary/aromatic N) is 1. The minimum atomic E-state index is -1.75. The van der Waals surface area contributed by atoms with Crippen molar-refractivity contribution in [1.29, 1.82) is 0 Å². The Hall–Kier alpha value is 1.84. The van der Waals surface area contributed by atoms with E-state index in [0.29, 0.717) is 0 Å². The summed E-state index contributed by atoms with van der Waals surface area (Å²) in [5, 5.41) is 14.8. The zero-order chi connectivity index (χ0) is 3.58. The van der Waals surface area contributed by atoms with E-state index in [4.69, 9.17) is 15.3 Å². The summed E-state index contributed by atoms with van der Waals surface area (Å²) in [4.78, 5) is 8.25. The van der Waals surface area contributed by atoms with Crippen molar-refractivity contribution < 1.29 is 34.6 Å². The van der Waals surface area contributed by atoms with Gasteiger partial charge in [0.15, 0.2) is 0 Å². The van der Waals surface area contributed by atoms with E-state index in [1.54, 1.807) is 0 Å². The standard InChI is InChI=1S/K.NO3.Na.H/c;2-1(3)4;;/q;-1;+1;. The SMILES string of the molecule is O=[N+]([O-])[O-].[KH].[Na+]. The number of hydrogen-bond donors (Lipinski definition) is 0. The molecule has 0 heterocycles. The normalized spacial score (nSPS) is 4.00. The first-order chi connectivity index (χ1) is 1.73. The van der Waals surface area contributed by atoms with Gasteiger partial charge >= 0.3 is 80.9 Å². The topological polar surface area (TPSA) is 66.2 Å². The van der Waals surface area contributed by atoms with Crippen molar-refractivity contribution in [1.82, 2.24) is 0 Å². The molecule has 0 spiro atoms. The maximum atomic E-state index is 8.25. The summed E-state index contributed by atoms with van der Waals surface area (Å²) in [5.74, 6) is 0. The van der Waals surface area contributed by atoms with Crippen LogP contribution in [0.25, 0.3) is 0 Å². The Bertz CT molecular complexity index is 33.8. The van der Waals surface area contributed by atoms with Crippen molar-refractivity contribution in [3.8, 4) is 0 Å². The first-order valence-electron chi connectivity index (χ1n) is 0.548. The molecule has 26 valence electrons. The van der Waals surface area contributed by atoms with Crippen molar-refractivity contribution in [2.24, 2.45) is 0 Å². The molecule has 0 aliphatic carbocycles. The molecule has 0 rings (SSSR count). The third-order valence-electron chi connectivity index (χ3n) is 0. The van der Waals surface area contributed by atoms with Gasteiger partial charge in [-0.05, 0) is 0 Å². The van der Waals surface area contributed by atoms with Crippen LogP contribution in [0.2, 0.25) is 0 Å². The van der Waals surface area contributed by atoms with E-state index in [0.717, 1.165) is 0 Å². The molecule has 0 radical (unpaired) electrons. The van der Waals surface area contributed by atoms with Crippen LogP contribution >= 0.6 is 0 Å². The summed E-state index contributed by atoms with van der Waals surface area (Å²) in [6.07, 6.45) is 0. The van der Waals surface area contributed by atoms with E-state index in [-0.39, 0.29) is 80.9 Å². The van der Waals surface area contributed by atoms with E-state index in [9.17, 15) is 0 Å². The molecule has 0 amide bonds. The predicted molar refractivity (Wildman–Crippen MR) is 17.5 cm³/mol. The molecule has 0 saturated carbocycles. The summed E-state index contributed by atoms with van der Waals surface area (Å²) >= 11 is 0. The van der Waals surface area contributed by atoms with Crippen molar-refractivity contribution in [2.45, 2.75) is 0 Å². The van der Waals surface area contributed by atoms with Gasteiger partial charge in [-0.25, -0.2) is 0 Å². The van der Waals surface area contributed by atoms with E-state index < -0.39 is 5.09 Å². The van der Waals surface area contributed by atoms with Crippen molar-refractivity contribution in [2.75, 3.05) is 0 Å². The van der Waals surface area contributed by atoms with Crippen LogP contribution < -0.4 is 29.6 Å². The average Bonchev–Trinajstić information content (AvgIpc) is 0.811. The van der Waals surface area contributed by atoms with Crippen LogP contribution in [0, 0.1) is 15.3 Å². The molecule has 0 aromatic carbocycles. The van der Waals surface area contributed by atoms with E-state index >= 15 is 0 Å². The van der Waals surface area contributed by atoms with Gasteiger partial charge in [-0.15, -0.1) is 0 Å². The van der Waals surface area contributed by atoms with Crippen molar-refractivity contribution >= 4 is 51.4 Å². The second-order valence-electron chi connectivity index (χ2n) is 0.224. The number of rotatable bonds is 0. The van der Waals surface area contributed by atoms with Gasteiger partial charge in [0, 0.05) is 0 Å². The Morgan fingerprint density at radius 1 is 1.33 bits per heavy atom. The molecule has 0 aromatic rings. The Morgan fingerprint density at radius 2 is 1.33 bits per heavy atom. The average molecular weight is 125 g/mol. The second kappa shape index (κ2) is 9.96. The molecule has 0 saturated heterocycles. The molecule has 0 N–H and O–H groups in total. The van der Waals surface area contributed by atoms with Crippen LogP contribution in [0.4, 0.5) is 0 Å². The van der Waals surface area contributed by atoms with Gasteiger partial charge in [-0.2, -0.15) is 0 Å². The Kier molecular flexibility index (Phi) is 26.0. The van der Waals surface area contributed by atoms with Gasteiger partial charge in [0.05, 0.1) is 5.09 Å². The second-order valence-corrected chi connectivity index (χ2v) is 0.224. The summed E-state index contributed by atoms with van der Waals surface area (Å²) in [5.41, 5.74) is 0. The Morgan fingerprint density at radius 3 is 1.33 bits per heavy atom. The summed E-state index contributed by atoms with van der Waals surface area (Å²) in [6.45, 7) is 0. The first kappa shape index (κ1) is 15.7. The van der Waals surface area contributed by atoms with Gasteiger partial charge < -0.3 is 15.3 Å². The molecule has 0 aliphatic heterocycles. The molecule has 0 aliphatic rings. The zero-order valence-corrected chi connectivity index (χ0v) is 4.67. The van der Waals surface area contributed by atoms with E-state index in [1.807, 2.05) is 0 Å². The monoisotopic (exact) mass is 125 g/mol. The molecule has 0 fully saturated rings. The van der Waals surface area contributed by atoms with Crippen LogP contribution in [0.15, 0.2) is 0 Å². The van der Waals surface area contributed by atoms with Gasteiger partial charge in [0.2, 0.25) is 0 Å². The van der Waals surface area contributed by atoms with Crippen LogP contribution in [-0.2, 0) is 0 Å². The molecular formula is HKNNaO3.